The van der Waals surface area contributed by atoms with Crippen molar-refractivity contribution in [3.8, 4) is 11.1 Å². The fourth-order valence-electron chi connectivity index (χ4n) is 1.22. The van der Waals surface area contributed by atoms with Gasteiger partial charge in [-0.25, -0.2) is 0 Å². The smallest absolute Gasteiger partial charge is 0.314 e. The lowest BCUT2D eigenvalue weighted by atomic mass is 10.1. The Kier molecular flexibility index (Phi) is 5.68. The van der Waals surface area contributed by atoms with E-state index in [-0.39, 0.29) is 0 Å². The fourth-order valence-corrected chi connectivity index (χ4v) is 1.22. The Bertz CT molecular complexity index is 479. The van der Waals surface area contributed by atoms with E-state index in [9.17, 15) is 9.59 Å². The van der Waals surface area contributed by atoms with Crippen LogP contribution < -0.4 is 0 Å². The largest absolute Gasteiger partial charge is 0.481 e. The molecule has 2 heterocycles. The highest BCUT2D eigenvalue weighted by molar-refractivity contribution is 5.88. The Labute approximate surface area is 109 Å². The molecule has 2 aromatic rings. The molecule has 0 atom stereocenters. The molecule has 0 fully saturated rings. The summed E-state index contributed by atoms with van der Waals surface area (Å²) < 4.78 is 0. The molecule has 0 aliphatic rings. The topological polar surface area (TPSA) is 100 Å². The van der Waals surface area contributed by atoms with Crippen LogP contribution in [0.4, 0.5) is 0 Å². The maximum absolute atomic E-state index is 9.43. The predicted molar refractivity (Wildman–Crippen MR) is 67.4 cm³/mol. The molecule has 2 N–H and O–H groups in total. The van der Waals surface area contributed by atoms with Crippen LogP contribution in [0.25, 0.3) is 11.1 Å². The third-order valence-corrected chi connectivity index (χ3v) is 2.00. The minimum absolute atomic E-state index is 0.806. The highest BCUT2D eigenvalue weighted by Crippen LogP contribution is 2.15. The third-order valence-electron chi connectivity index (χ3n) is 2.00. The summed E-state index contributed by atoms with van der Waals surface area (Å²) in [5.41, 5.74) is 2.35. The highest BCUT2D eigenvalue weighted by atomic mass is 16.4. The van der Waals surface area contributed by atoms with Crippen LogP contribution in [0.5, 0.6) is 0 Å². The van der Waals surface area contributed by atoms with E-state index in [2.05, 4.69) is 9.97 Å². The monoisotopic (exact) mass is 260 g/mol. The van der Waals surface area contributed by atoms with E-state index in [1.54, 1.807) is 24.8 Å². The van der Waals surface area contributed by atoms with E-state index in [0.717, 1.165) is 0 Å². The van der Waals surface area contributed by atoms with E-state index in [4.69, 9.17) is 10.2 Å². The van der Waals surface area contributed by atoms with E-state index >= 15 is 0 Å². The van der Waals surface area contributed by atoms with Gasteiger partial charge in [-0.15, -0.1) is 0 Å². The summed E-state index contributed by atoms with van der Waals surface area (Å²) in [6.07, 6.45) is 6.34. The van der Waals surface area contributed by atoms with Gasteiger partial charge < -0.3 is 10.2 Å². The van der Waals surface area contributed by atoms with Crippen LogP contribution in [-0.2, 0) is 9.59 Å². The van der Waals surface area contributed by atoms with E-state index in [0.29, 0.717) is 0 Å². The van der Waals surface area contributed by atoms with Gasteiger partial charge >= 0.3 is 11.9 Å². The quantitative estimate of drug-likeness (QED) is 0.814. The zero-order chi connectivity index (χ0) is 14.1. The Morgan fingerprint density at radius 1 is 0.789 bits per heavy atom. The Morgan fingerprint density at radius 3 is 1.32 bits per heavy atom. The SMILES string of the molecule is O=C(O)CC(=O)O.c1cc(-c2ccncc2)ccn1. The first-order valence-corrected chi connectivity index (χ1v) is 5.33. The second kappa shape index (κ2) is 7.54. The molecular formula is C13H12N2O4. The first-order valence-electron chi connectivity index (χ1n) is 5.33. The maximum Gasteiger partial charge on any atom is 0.314 e. The number of rotatable bonds is 3. The lowest BCUT2D eigenvalue weighted by Gasteiger charge is -1.97. The van der Waals surface area contributed by atoms with Gasteiger partial charge in [0.1, 0.15) is 6.42 Å². The summed E-state index contributed by atoms with van der Waals surface area (Å²) >= 11 is 0. The van der Waals surface area contributed by atoms with Crippen LogP contribution in [-0.4, -0.2) is 32.1 Å². The van der Waals surface area contributed by atoms with Crippen molar-refractivity contribution >= 4 is 11.9 Å². The molecule has 0 unspecified atom stereocenters. The van der Waals surface area contributed by atoms with Gasteiger partial charge in [-0.3, -0.25) is 19.6 Å². The first-order chi connectivity index (χ1) is 9.09. The predicted octanol–water partition coefficient (Wildman–Crippen LogP) is 1.69. The van der Waals surface area contributed by atoms with Crippen molar-refractivity contribution in [1.29, 1.82) is 0 Å². The first kappa shape index (κ1) is 14.3. The number of nitrogens with zero attached hydrogens (tertiary/aromatic N) is 2. The van der Waals surface area contributed by atoms with Crippen LogP contribution in [0, 0.1) is 0 Å². The Morgan fingerprint density at radius 2 is 1.11 bits per heavy atom. The van der Waals surface area contributed by atoms with Crippen molar-refractivity contribution in [3.05, 3.63) is 49.1 Å². The van der Waals surface area contributed by atoms with E-state index in [1.807, 2.05) is 24.3 Å². The van der Waals surface area contributed by atoms with Crippen molar-refractivity contribution in [2.45, 2.75) is 6.42 Å². The molecule has 0 spiro atoms. The molecule has 0 radical (unpaired) electrons. The molecule has 0 saturated heterocycles. The fraction of sp³-hybridized carbons (Fsp3) is 0.0769. The van der Waals surface area contributed by atoms with E-state index < -0.39 is 18.4 Å². The maximum atomic E-state index is 9.43. The van der Waals surface area contributed by atoms with Gasteiger partial charge in [0.05, 0.1) is 0 Å². The lowest BCUT2D eigenvalue weighted by molar-refractivity contribution is -0.147. The minimum atomic E-state index is -1.31. The van der Waals surface area contributed by atoms with Gasteiger partial charge in [0, 0.05) is 24.8 Å². The van der Waals surface area contributed by atoms with Gasteiger partial charge in [-0.2, -0.15) is 0 Å². The van der Waals surface area contributed by atoms with Crippen molar-refractivity contribution in [1.82, 2.24) is 9.97 Å². The number of pyridine rings is 2. The standard InChI is InChI=1S/C10H8N2.C3H4O4/c1-5-11-6-2-9(1)10-3-7-12-8-4-10;4-2(5)1-3(6)7/h1-8H;1H2,(H,4,5)(H,6,7). The molecule has 6 heteroatoms. The minimum Gasteiger partial charge on any atom is -0.481 e. The van der Waals surface area contributed by atoms with Crippen molar-refractivity contribution in [2.24, 2.45) is 0 Å². The average Bonchev–Trinajstić information content (AvgIpc) is 2.40. The average molecular weight is 260 g/mol. The van der Waals surface area contributed by atoms with Crippen LogP contribution in [0.3, 0.4) is 0 Å². The van der Waals surface area contributed by atoms with Crippen molar-refractivity contribution in [3.63, 3.8) is 0 Å². The molecule has 2 rings (SSSR count). The summed E-state index contributed by atoms with van der Waals surface area (Å²) in [5, 5.41) is 15.4. The van der Waals surface area contributed by atoms with Crippen LogP contribution in [0.15, 0.2) is 49.1 Å². The van der Waals surface area contributed by atoms with Crippen molar-refractivity contribution in [2.75, 3.05) is 0 Å². The number of carbonyl (C=O) groups is 2. The molecular weight excluding hydrogens is 248 g/mol. The number of carboxylic acids is 2. The molecule has 6 nitrogen and oxygen atoms in total. The lowest BCUT2D eigenvalue weighted by Crippen LogP contribution is -2.03. The van der Waals surface area contributed by atoms with Gasteiger partial charge in [-0.05, 0) is 35.4 Å². The number of hydrogen-bond acceptors (Lipinski definition) is 4. The second-order valence-electron chi connectivity index (χ2n) is 3.44. The van der Waals surface area contributed by atoms with E-state index in [1.165, 1.54) is 11.1 Å². The molecule has 0 saturated carbocycles. The number of carboxylic acid groups (broad SMARTS) is 2. The number of aromatic nitrogens is 2. The molecule has 2 aromatic heterocycles. The molecule has 98 valence electrons. The molecule has 19 heavy (non-hydrogen) atoms. The Balaban J connectivity index is 0.000000224. The molecule has 0 amide bonds. The summed E-state index contributed by atoms with van der Waals surface area (Å²) in [6.45, 7) is 0. The van der Waals surface area contributed by atoms with Crippen LogP contribution in [0.1, 0.15) is 6.42 Å². The van der Waals surface area contributed by atoms with Crippen LogP contribution in [0.2, 0.25) is 0 Å². The molecule has 0 bridgehead atoms. The highest BCUT2D eigenvalue weighted by Gasteiger charge is 2.01. The van der Waals surface area contributed by atoms with Gasteiger partial charge in [-0.1, -0.05) is 0 Å². The summed E-state index contributed by atoms with van der Waals surface area (Å²) in [6, 6.07) is 7.93. The van der Waals surface area contributed by atoms with Gasteiger partial charge in [0.25, 0.3) is 0 Å². The zero-order valence-corrected chi connectivity index (χ0v) is 9.93. The van der Waals surface area contributed by atoms with Gasteiger partial charge in [0.15, 0.2) is 0 Å². The van der Waals surface area contributed by atoms with Crippen LogP contribution >= 0.6 is 0 Å². The summed E-state index contributed by atoms with van der Waals surface area (Å²) in [7, 11) is 0. The number of hydrogen-bond donors (Lipinski definition) is 2. The summed E-state index contributed by atoms with van der Waals surface area (Å²) in [5.74, 6) is -2.62. The second-order valence-corrected chi connectivity index (χ2v) is 3.44. The molecule has 0 aromatic carbocycles. The summed E-state index contributed by atoms with van der Waals surface area (Å²) in [4.78, 5) is 26.8. The Hall–Kier alpha value is -2.76. The zero-order valence-electron chi connectivity index (χ0n) is 9.93. The van der Waals surface area contributed by atoms with Gasteiger partial charge in [0.2, 0.25) is 0 Å². The third kappa shape index (κ3) is 5.92. The molecule has 0 aliphatic carbocycles. The number of aliphatic carboxylic acids is 2. The van der Waals surface area contributed by atoms with Crippen molar-refractivity contribution < 1.29 is 19.8 Å². The molecule has 0 aliphatic heterocycles. The normalized spacial score (nSPS) is 9.05.